The molecular weight excluding hydrogens is 352 g/mol. The first kappa shape index (κ1) is 17.1. The van der Waals surface area contributed by atoms with Crippen molar-refractivity contribution in [2.75, 3.05) is 19.0 Å². The van der Waals surface area contributed by atoms with Gasteiger partial charge >= 0.3 is 0 Å². The van der Waals surface area contributed by atoms with Gasteiger partial charge in [0.2, 0.25) is 15.9 Å². The van der Waals surface area contributed by atoms with Crippen molar-refractivity contribution in [3.8, 4) is 5.75 Å². The van der Waals surface area contributed by atoms with Crippen LogP contribution >= 0.6 is 0 Å². The maximum Gasteiger partial charge on any atom is 0.247 e. The molecule has 1 aliphatic heterocycles. The Morgan fingerprint density at radius 3 is 2.54 bits per heavy atom. The van der Waals surface area contributed by atoms with Crippen molar-refractivity contribution in [3.05, 3.63) is 60.2 Å². The zero-order valence-electron chi connectivity index (χ0n) is 14.4. The van der Waals surface area contributed by atoms with Gasteiger partial charge in [-0.05, 0) is 36.2 Å². The number of amides is 1. The van der Waals surface area contributed by atoms with Gasteiger partial charge in [0.15, 0.2) is 4.75 Å². The number of fused-ring (bicyclic) bond motifs is 1. The monoisotopic (exact) mass is 372 g/mol. The molecule has 1 amide bonds. The molecule has 1 aliphatic carbocycles. The number of nitrogens with zero attached hydrogens (tertiary/aromatic N) is 1. The summed E-state index contributed by atoms with van der Waals surface area (Å²) in [5.74, 6) is 0.0886. The summed E-state index contributed by atoms with van der Waals surface area (Å²) in [6, 6.07) is 16.3. The molecule has 1 N–H and O–H groups in total. The molecule has 2 aliphatic rings. The average Bonchev–Trinajstić information content (AvgIpc) is 3.34. The third-order valence-electron chi connectivity index (χ3n) is 5.21. The Kier molecular flexibility index (Phi) is 4.00. The van der Waals surface area contributed by atoms with Gasteiger partial charge in [0.05, 0.1) is 7.11 Å². The van der Waals surface area contributed by atoms with Crippen LogP contribution in [0.3, 0.4) is 0 Å². The summed E-state index contributed by atoms with van der Waals surface area (Å²) >= 11 is 0. The molecule has 7 heteroatoms. The lowest BCUT2D eigenvalue weighted by molar-refractivity contribution is -0.116. The Hall–Kier alpha value is -2.38. The van der Waals surface area contributed by atoms with E-state index < -0.39 is 20.7 Å². The molecule has 2 aromatic carbocycles. The molecule has 2 fully saturated rings. The third-order valence-corrected chi connectivity index (χ3v) is 7.77. The number of carbonyl (C=O) groups excluding carboxylic acids is 1. The third kappa shape index (κ3) is 2.59. The van der Waals surface area contributed by atoms with Crippen molar-refractivity contribution in [1.29, 1.82) is 0 Å². The van der Waals surface area contributed by atoms with Crippen LogP contribution in [-0.2, 0) is 21.4 Å². The van der Waals surface area contributed by atoms with Gasteiger partial charge in [-0.2, -0.15) is 4.31 Å². The fraction of sp³-hybridized carbons (Fsp3) is 0.316. The number of methoxy groups -OCH3 is 1. The molecule has 0 aromatic heterocycles. The van der Waals surface area contributed by atoms with Gasteiger partial charge in [-0.15, -0.1) is 0 Å². The molecule has 136 valence electrons. The van der Waals surface area contributed by atoms with Gasteiger partial charge in [0.1, 0.15) is 5.75 Å². The predicted octanol–water partition coefficient (Wildman–Crippen LogP) is 2.24. The quantitative estimate of drug-likeness (QED) is 0.873. The Morgan fingerprint density at radius 2 is 1.88 bits per heavy atom. The molecule has 6 nitrogen and oxygen atoms in total. The number of carbonyl (C=O) groups is 1. The molecule has 2 aromatic rings. The van der Waals surface area contributed by atoms with E-state index in [1.54, 1.807) is 31.4 Å². The minimum absolute atomic E-state index is 0.144. The Balaban J connectivity index is 1.52. The van der Waals surface area contributed by atoms with Gasteiger partial charge in [0, 0.05) is 24.7 Å². The molecule has 26 heavy (non-hydrogen) atoms. The summed E-state index contributed by atoms with van der Waals surface area (Å²) in [4.78, 5) is 12.8. The number of anilines is 1. The minimum atomic E-state index is -3.69. The minimum Gasteiger partial charge on any atom is -0.497 e. The lowest BCUT2D eigenvalue weighted by Gasteiger charge is -2.21. The van der Waals surface area contributed by atoms with Crippen LogP contribution in [0, 0.1) is 5.92 Å². The fourth-order valence-corrected chi connectivity index (χ4v) is 6.00. The Labute approximate surface area is 152 Å². The molecule has 4 rings (SSSR count). The molecular formula is C19H20N2O4S. The molecule has 1 saturated carbocycles. The van der Waals surface area contributed by atoms with E-state index in [1.165, 1.54) is 4.31 Å². The van der Waals surface area contributed by atoms with Crippen LogP contribution in [0.4, 0.5) is 5.69 Å². The van der Waals surface area contributed by atoms with Gasteiger partial charge in [-0.3, -0.25) is 4.79 Å². The molecule has 0 spiro atoms. The van der Waals surface area contributed by atoms with E-state index in [1.807, 2.05) is 30.3 Å². The topological polar surface area (TPSA) is 75.7 Å². The summed E-state index contributed by atoms with van der Waals surface area (Å²) < 4.78 is 31.3. The smallest absolute Gasteiger partial charge is 0.247 e. The predicted molar refractivity (Wildman–Crippen MR) is 98.2 cm³/mol. The van der Waals surface area contributed by atoms with Gasteiger partial charge in [0.25, 0.3) is 0 Å². The second-order valence-corrected chi connectivity index (χ2v) is 8.95. The highest BCUT2D eigenvalue weighted by atomic mass is 32.2. The van der Waals surface area contributed by atoms with E-state index in [-0.39, 0.29) is 5.92 Å². The van der Waals surface area contributed by atoms with E-state index in [2.05, 4.69) is 5.32 Å². The number of hydrogen-bond acceptors (Lipinski definition) is 4. The van der Waals surface area contributed by atoms with Crippen LogP contribution in [-0.4, -0.2) is 37.0 Å². The molecule has 2 atom stereocenters. The van der Waals surface area contributed by atoms with Crippen molar-refractivity contribution in [1.82, 2.24) is 4.31 Å². The average molecular weight is 372 g/mol. The number of ether oxygens (including phenoxy) is 1. The van der Waals surface area contributed by atoms with Gasteiger partial charge in [-0.1, -0.05) is 30.3 Å². The lowest BCUT2D eigenvalue weighted by atomic mass is 10.2. The summed E-state index contributed by atoms with van der Waals surface area (Å²) in [7, 11) is -2.12. The van der Waals surface area contributed by atoms with Crippen molar-refractivity contribution >= 4 is 21.6 Å². The van der Waals surface area contributed by atoms with E-state index in [4.69, 9.17) is 4.74 Å². The normalized spacial score (nSPS) is 26.1. The summed E-state index contributed by atoms with van der Waals surface area (Å²) in [6.45, 7) is 0.699. The van der Waals surface area contributed by atoms with Crippen LogP contribution in [0.5, 0.6) is 5.75 Å². The first-order valence-corrected chi connectivity index (χ1v) is 9.90. The number of benzene rings is 2. The Morgan fingerprint density at radius 1 is 1.19 bits per heavy atom. The largest absolute Gasteiger partial charge is 0.497 e. The van der Waals surface area contributed by atoms with Crippen molar-refractivity contribution in [3.63, 3.8) is 0 Å². The zero-order chi connectivity index (χ0) is 18.4. The van der Waals surface area contributed by atoms with E-state index in [9.17, 15) is 13.2 Å². The highest BCUT2D eigenvalue weighted by Crippen LogP contribution is 2.58. The van der Waals surface area contributed by atoms with Crippen molar-refractivity contribution in [2.45, 2.75) is 17.7 Å². The standard InChI is InChI=1S/C19H20N2O4S/c1-25-17-9-7-16(8-10-17)20-18(22)19-11-15(19)13-21(26(19,23)24)12-14-5-3-2-4-6-14/h2-10,15H,11-13H2,1H3,(H,20,22)/t15-,19-/m0/s1. The lowest BCUT2D eigenvalue weighted by Crippen LogP contribution is -2.41. The fourth-order valence-electron chi connectivity index (χ4n) is 3.65. The maximum absolute atomic E-state index is 13.0. The number of rotatable bonds is 5. The van der Waals surface area contributed by atoms with Crippen LogP contribution < -0.4 is 10.1 Å². The highest BCUT2D eigenvalue weighted by molar-refractivity contribution is 7.92. The van der Waals surface area contributed by atoms with Crippen molar-refractivity contribution in [2.24, 2.45) is 5.92 Å². The number of sulfonamides is 1. The first-order chi connectivity index (χ1) is 12.5. The maximum atomic E-state index is 13.0. The second-order valence-electron chi connectivity index (χ2n) is 6.76. The van der Waals surface area contributed by atoms with Crippen LogP contribution in [0.2, 0.25) is 0 Å². The van der Waals surface area contributed by atoms with Gasteiger partial charge < -0.3 is 10.1 Å². The van der Waals surface area contributed by atoms with E-state index in [0.717, 1.165) is 5.56 Å². The SMILES string of the molecule is COc1ccc(NC(=O)[C@]23C[C@H]2CN(Cc2ccccc2)S3(=O)=O)cc1. The molecule has 1 heterocycles. The van der Waals surface area contributed by atoms with E-state index >= 15 is 0 Å². The molecule has 1 saturated heterocycles. The zero-order valence-corrected chi connectivity index (χ0v) is 15.2. The van der Waals surface area contributed by atoms with Gasteiger partial charge in [-0.25, -0.2) is 8.42 Å². The molecule has 0 bridgehead atoms. The summed E-state index contributed by atoms with van der Waals surface area (Å²) in [6.07, 6.45) is 0.391. The Bertz CT molecular complexity index is 928. The van der Waals surface area contributed by atoms with Crippen LogP contribution in [0.25, 0.3) is 0 Å². The van der Waals surface area contributed by atoms with Crippen molar-refractivity contribution < 1.29 is 17.9 Å². The highest BCUT2D eigenvalue weighted by Gasteiger charge is 2.75. The first-order valence-electron chi connectivity index (χ1n) is 8.46. The summed E-state index contributed by atoms with van der Waals surface area (Å²) in [5, 5.41) is 2.76. The number of nitrogens with one attached hydrogen (secondary N) is 1. The summed E-state index contributed by atoms with van der Waals surface area (Å²) in [5.41, 5.74) is 1.48. The molecule has 0 radical (unpaired) electrons. The number of hydrogen-bond donors (Lipinski definition) is 1. The molecule has 0 unspecified atom stereocenters. The van der Waals surface area contributed by atoms with Crippen LogP contribution in [0.15, 0.2) is 54.6 Å². The van der Waals surface area contributed by atoms with E-state index in [0.29, 0.717) is 30.9 Å². The second kappa shape index (κ2) is 6.10. The van der Waals surface area contributed by atoms with Crippen LogP contribution in [0.1, 0.15) is 12.0 Å².